The lowest BCUT2D eigenvalue weighted by Crippen LogP contribution is -2.37. The molecule has 2 fully saturated rings. The van der Waals surface area contributed by atoms with Crippen LogP contribution in [0.15, 0.2) is 30.5 Å². The highest BCUT2D eigenvalue weighted by atomic mass is 35.5. The number of amides is 2. The molecule has 3 aromatic rings. The van der Waals surface area contributed by atoms with E-state index in [2.05, 4.69) is 10.3 Å². The highest BCUT2D eigenvalue weighted by Gasteiger charge is 2.30. The van der Waals surface area contributed by atoms with Crippen LogP contribution in [0, 0.1) is 0 Å². The Morgan fingerprint density at radius 1 is 1.17 bits per heavy atom. The molecule has 0 radical (unpaired) electrons. The van der Waals surface area contributed by atoms with Gasteiger partial charge in [0.25, 0.3) is 6.43 Å². The number of pyridine rings is 1. The summed E-state index contributed by atoms with van der Waals surface area (Å²) >= 11 is 7.64. The molecule has 36 heavy (non-hydrogen) atoms. The van der Waals surface area contributed by atoms with Gasteiger partial charge in [-0.2, -0.15) is 0 Å². The molecule has 2 aromatic heterocycles. The van der Waals surface area contributed by atoms with Gasteiger partial charge >= 0.3 is 0 Å². The summed E-state index contributed by atoms with van der Waals surface area (Å²) in [6, 6.07) is 6.47. The Balaban J connectivity index is 0.00000180. The van der Waals surface area contributed by atoms with Crippen LogP contribution in [0.2, 0.25) is 5.02 Å². The number of benzene rings is 1. The fourth-order valence-electron chi connectivity index (χ4n) is 4.43. The number of rotatable bonds is 6. The Kier molecular flexibility index (Phi) is 9.51. The Bertz CT molecular complexity index is 1250. The third kappa shape index (κ3) is 5.75. The molecule has 5 rings (SSSR count). The quantitative estimate of drug-likeness (QED) is 0.354. The zero-order valence-electron chi connectivity index (χ0n) is 19.0. The molecule has 0 saturated carbocycles. The van der Waals surface area contributed by atoms with Crippen molar-refractivity contribution >= 4 is 69.8 Å². The number of nitrogens with zero attached hydrogens (tertiary/aromatic N) is 2. The van der Waals surface area contributed by atoms with Gasteiger partial charge < -0.3 is 10.1 Å². The number of fused-ring (bicyclic) bond motifs is 1. The first-order valence-electron chi connectivity index (χ1n) is 11.1. The molecular weight excluding hydrogens is 555 g/mol. The van der Waals surface area contributed by atoms with E-state index >= 15 is 0 Å². The van der Waals surface area contributed by atoms with Gasteiger partial charge in [-0.05, 0) is 43.7 Å². The summed E-state index contributed by atoms with van der Waals surface area (Å²) < 4.78 is 35.0. The molecule has 4 heterocycles. The van der Waals surface area contributed by atoms with E-state index in [1.54, 1.807) is 18.3 Å². The van der Waals surface area contributed by atoms with Crippen molar-refractivity contribution in [2.45, 2.75) is 44.8 Å². The van der Waals surface area contributed by atoms with Crippen LogP contribution >= 0.6 is 47.8 Å². The van der Waals surface area contributed by atoms with Crippen molar-refractivity contribution < 1.29 is 23.1 Å². The van der Waals surface area contributed by atoms with E-state index < -0.39 is 6.43 Å². The minimum Gasteiger partial charge on any atom is -0.488 e. The number of aromatic nitrogens is 1. The topological polar surface area (TPSA) is 71.5 Å². The van der Waals surface area contributed by atoms with Crippen molar-refractivity contribution in [1.29, 1.82) is 0 Å². The van der Waals surface area contributed by atoms with Crippen molar-refractivity contribution in [3.63, 3.8) is 0 Å². The molecule has 2 saturated heterocycles. The summed E-state index contributed by atoms with van der Waals surface area (Å²) in [4.78, 5) is 30.6. The second-order valence-electron chi connectivity index (χ2n) is 8.42. The van der Waals surface area contributed by atoms with E-state index in [9.17, 15) is 18.4 Å². The predicted molar refractivity (Wildman–Crippen MR) is 141 cm³/mol. The normalized spacial score (nSPS) is 17.9. The lowest BCUT2D eigenvalue weighted by atomic mass is 10.0. The molecule has 1 N–H and O–H groups in total. The predicted octanol–water partition coefficient (Wildman–Crippen LogP) is 6.18. The van der Waals surface area contributed by atoms with Crippen molar-refractivity contribution in [3.8, 4) is 16.9 Å². The van der Waals surface area contributed by atoms with Crippen LogP contribution in [0.4, 0.5) is 8.78 Å². The van der Waals surface area contributed by atoms with Gasteiger partial charge in [0, 0.05) is 46.6 Å². The van der Waals surface area contributed by atoms with Gasteiger partial charge in [-0.25, -0.2) is 8.78 Å². The zero-order valence-corrected chi connectivity index (χ0v) is 22.2. The summed E-state index contributed by atoms with van der Waals surface area (Å²) in [5, 5.41) is 3.43. The number of hydrogen-bond acceptors (Lipinski definition) is 6. The first-order chi connectivity index (χ1) is 16.4. The molecule has 0 spiro atoms. The highest BCUT2D eigenvalue weighted by Crippen LogP contribution is 2.45. The van der Waals surface area contributed by atoms with Crippen LogP contribution in [-0.4, -0.2) is 40.9 Å². The SMILES string of the molecule is Cl.Cl.O=C1CCC(=O)N1Cc1cc2nccc(-c3cc(Cl)cc(C(F)F)c3O[C@H]3CCCNC3)c2s1. The van der Waals surface area contributed by atoms with Gasteiger partial charge in [0.15, 0.2) is 0 Å². The van der Waals surface area contributed by atoms with Crippen molar-refractivity contribution in [1.82, 2.24) is 15.2 Å². The number of nitrogens with one attached hydrogen (secondary N) is 1. The summed E-state index contributed by atoms with van der Waals surface area (Å²) in [7, 11) is 0. The smallest absolute Gasteiger partial charge is 0.267 e. The molecule has 194 valence electrons. The summed E-state index contributed by atoms with van der Waals surface area (Å²) in [5.74, 6) is -0.256. The van der Waals surface area contributed by atoms with E-state index in [0.29, 0.717) is 23.2 Å². The van der Waals surface area contributed by atoms with Crippen LogP contribution in [0.5, 0.6) is 5.75 Å². The molecule has 0 bridgehead atoms. The fourth-order valence-corrected chi connectivity index (χ4v) is 5.79. The van der Waals surface area contributed by atoms with E-state index in [1.165, 1.54) is 22.3 Å². The molecule has 2 amide bonds. The molecule has 6 nitrogen and oxygen atoms in total. The summed E-state index contributed by atoms with van der Waals surface area (Å²) in [6.07, 6.45) is 0.743. The van der Waals surface area contributed by atoms with Crippen LogP contribution in [0.3, 0.4) is 0 Å². The zero-order chi connectivity index (χ0) is 23.8. The number of thiophene rings is 1. The lowest BCUT2D eigenvalue weighted by molar-refractivity contribution is -0.138. The summed E-state index contributed by atoms with van der Waals surface area (Å²) in [5.41, 5.74) is 1.55. The average Bonchev–Trinajstić information content (AvgIpc) is 3.38. The number of piperidine rings is 1. The second-order valence-corrected chi connectivity index (χ2v) is 9.99. The van der Waals surface area contributed by atoms with Crippen molar-refractivity contribution in [2.75, 3.05) is 13.1 Å². The Morgan fingerprint density at radius 2 is 1.92 bits per heavy atom. The maximum atomic E-state index is 14.0. The molecule has 12 heteroatoms. The van der Waals surface area contributed by atoms with E-state index in [-0.39, 0.29) is 78.5 Å². The second kappa shape index (κ2) is 12.0. The maximum Gasteiger partial charge on any atom is 0.267 e. The molecule has 2 aliphatic rings. The van der Waals surface area contributed by atoms with E-state index in [1.807, 2.05) is 6.07 Å². The highest BCUT2D eigenvalue weighted by molar-refractivity contribution is 7.19. The number of likely N-dealkylation sites (tertiary alicyclic amines) is 1. The monoisotopic (exact) mass is 577 g/mol. The van der Waals surface area contributed by atoms with E-state index in [0.717, 1.165) is 29.0 Å². The van der Waals surface area contributed by atoms with Gasteiger partial charge in [-0.15, -0.1) is 36.2 Å². The van der Waals surface area contributed by atoms with Gasteiger partial charge in [0.1, 0.15) is 11.9 Å². The third-order valence-electron chi connectivity index (χ3n) is 6.08. The molecule has 0 unspecified atom stereocenters. The van der Waals surface area contributed by atoms with Crippen LogP contribution < -0.4 is 10.1 Å². The Morgan fingerprint density at radius 3 is 2.58 bits per heavy atom. The number of ether oxygens (including phenoxy) is 1. The molecule has 0 aliphatic carbocycles. The molecule has 1 aromatic carbocycles. The van der Waals surface area contributed by atoms with Crippen molar-refractivity contribution in [2.24, 2.45) is 0 Å². The standard InChI is InChI=1S/C24H22ClF2N3O3S.2ClH/c25-13-8-17(22(18(9-13)24(26)27)33-14-2-1-6-28-11-14)16-5-7-29-19-10-15(34-23(16)19)12-30-20(31)3-4-21(30)32;;/h5,7-10,14,24,28H,1-4,6,11-12H2;2*1H/t14-;;/m0../s1. The van der Waals surface area contributed by atoms with Crippen LogP contribution in [-0.2, 0) is 16.1 Å². The van der Waals surface area contributed by atoms with Crippen LogP contribution in [0.1, 0.15) is 42.5 Å². The minimum absolute atomic E-state index is 0. The van der Waals surface area contributed by atoms with Crippen LogP contribution in [0.25, 0.3) is 21.3 Å². The first kappa shape index (κ1) is 28.5. The lowest BCUT2D eigenvalue weighted by Gasteiger charge is -2.27. The Labute approximate surface area is 228 Å². The van der Waals surface area contributed by atoms with E-state index in [4.69, 9.17) is 16.3 Å². The van der Waals surface area contributed by atoms with Gasteiger partial charge in [0.2, 0.25) is 11.8 Å². The third-order valence-corrected chi connectivity index (χ3v) is 7.44. The minimum atomic E-state index is -2.76. The number of carbonyl (C=O) groups excluding carboxylic acids is 2. The number of imide groups is 1. The van der Waals surface area contributed by atoms with Crippen molar-refractivity contribution in [3.05, 3.63) is 45.9 Å². The summed E-state index contributed by atoms with van der Waals surface area (Å²) in [6.45, 7) is 1.63. The molecule has 1 atom stereocenters. The number of halogens is 5. The molecular formula is C24H24Cl3F2N3O3S. The number of hydrogen-bond donors (Lipinski definition) is 1. The average molecular weight is 579 g/mol. The maximum absolute atomic E-state index is 14.0. The largest absolute Gasteiger partial charge is 0.488 e. The number of carbonyl (C=O) groups is 2. The molecule has 2 aliphatic heterocycles. The van der Waals surface area contributed by atoms with Gasteiger partial charge in [-0.3, -0.25) is 19.5 Å². The Hall–Kier alpha value is -2.04. The first-order valence-corrected chi connectivity index (χ1v) is 12.3. The van der Waals surface area contributed by atoms with Gasteiger partial charge in [-0.1, -0.05) is 11.6 Å². The van der Waals surface area contributed by atoms with Gasteiger partial charge in [0.05, 0.1) is 22.3 Å². The fraction of sp³-hybridized carbons (Fsp3) is 0.375. The number of alkyl halides is 2.